The van der Waals surface area contributed by atoms with Gasteiger partial charge in [0.2, 0.25) is 5.95 Å². The summed E-state index contributed by atoms with van der Waals surface area (Å²) in [6, 6.07) is 4.23. The van der Waals surface area contributed by atoms with Gasteiger partial charge in [-0.05, 0) is 56.7 Å². The molecule has 0 unspecified atom stereocenters. The predicted octanol–water partition coefficient (Wildman–Crippen LogP) is 6.04. The van der Waals surface area contributed by atoms with Crippen LogP contribution in [0.1, 0.15) is 67.3 Å². The van der Waals surface area contributed by atoms with Crippen LogP contribution in [0.3, 0.4) is 0 Å². The van der Waals surface area contributed by atoms with E-state index >= 15 is 0 Å². The van der Waals surface area contributed by atoms with E-state index in [9.17, 15) is 4.79 Å². The van der Waals surface area contributed by atoms with Gasteiger partial charge in [-0.2, -0.15) is 10.1 Å². The van der Waals surface area contributed by atoms with Crippen molar-refractivity contribution in [2.75, 3.05) is 10.6 Å². The predicted molar refractivity (Wildman–Crippen MR) is 139 cm³/mol. The minimum absolute atomic E-state index is 0. The van der Waals surface area contributed by atoms with Crippen molar-refractivity contribution in [3.63, 3.8) is 0 Å². The number of allylic oxidation sites excluding steroid dienone is 3. The van der Waals surface area contributed by atoms with Crippen LogP contribution in [-0.4, -0.2) is 38.3 Å². The fourth-order valence-electron chi connectivity index (χ4n) is 4.60. The zero-order valence-electron chi connectivity index (χ0n) is 19.4. The molecule has 9 heteroatoms. The van der Waals surface area contributed by atoms with Crippen LogP contribution in [0.2, 0.25) is 0 Å². The Morgan fingerprint density at radius 1 is 1.12 bits per heavy atom. The number of amides is 1. The van der Waals surface area contributed by atoms with Crippen molar-refractivity contribution in [1.29, 1.82) is 0 Å². The molecular formula is C25H39N7O2. The quantitative estimate of drug-likeness (QED) is 0.261. The number of aromatic amines is 1. The lowest BCUT2D eigenvalue weighted by Crippen LogP contribution is -2.40. The smallest absolute Gasteiger partial charge is 0.410 e. The Bertz CT molecular complexity index is 1030. The van der Waals surface area contributed by atoms with Gasteiger partial charge in [0.1, 0.15) is 11.6 Å². The van der Waals surface area contributed by atoms with Gasteiger partial charge in [-0.3, -0.25) is 5.10 Å². The maximum absolute atomic E-state index is 12.1. The Hall–Kier alpha value is -3.62. The summed E-state index contributed by atoms with van der Waals surface area (Å²) < 4.78 is 5.23. The van der Waals surface area contributed by atoms with Crippen molar-refractivity contribution in [2.24, 2.45) is 0 Å². The van der Waals surface area contributed by atoms with E-state index < -0.39 is 6.09 Å². The second kappa shape index (κ2) is 11.5. The summed E-state index contributed by atoms with van der Waals surface area (Å²) in [6.07, 6.45) is 14.4. The van der Waals surface area contributed by atoms with Gasteiger partial charge in [0.05, 0.1) is 0 Å². The lowest BCUT2D eigenvalue weighted by atomic mass is 9.91. The fraction of sp³-hybridized carbons (Fsp3) is 0.440. The second-order valence-corrected chi connectivity index (χ2v) is 8.82. The normalized spacial score (nSPS) is 21.0. The Morgan fingerprint density at radius 2 is 1.88 bits per heavy atom. The highest BCUT2D eigenvalue weighted by Gasteiger charge is 2.24. The summed E-state index contributed by atoms with van der Waals surface area (Å²) in [5.74, 6) is 3.01. The molecule has 0 radical (unpaired) electrons. The fourth-order valence-corrected chi connectivity index (χ4v) is 4.60. The molecule has 1 amide bonds. The van der Waals surface area contributed by atoms with Crippen LogP contribution >= 0.6 is 0 Å². The molecule has 0 spiro atoms. The summed E-state index contributed by atoms with van der Waals surface area (Å²) in [5.41, 5.74) is 1.19. The van der Waals surface area contributed by atoms with E-state index in [-0.39, 0.29) is 16.4 Å². The molecule has 0 aliphatic heterocycles. The van der Waals surface area contributed by atoms with E-state index in [1.54, 1.807) is 18.3 Å². The van der Waals surface area contributed by atoms with Crippen molar-refractivity contribution < 1.29 is 13.8 Å². The lowest BCUT2D eigenvalue weighted by Gasteiger charge is -2.29. The van der Waals surface area contributed by atoms with Crippen LogP contribution in [-0.2, 0) is 4.74 Å². The van der Waals surface area contributed by atoms with E-state index in [1.165, 1.54) is 37.5 Å². The highest BCUT2D eigenvalue weighted by atomic mass is 16.6. The topological polar surface area (TPSA) is 117 Å². The molecule has 4 N–H and O–H groups in total. The third-order valence-corrected chi connectivity index (χ3v) is 6.38. The molecule has 9 nitrogen and oxygen atoms in total. The number of carbonyl (C=O) groups is 1. The van der Waals surface area contributed by atoms with Crippen molar-refractivity contribution in [3.8, 4) is 0 Å². The summed E-state index contributed by atoms with van der Waals surface area (Å²) in [7, 11) is 0. The molecule has 0 aromatic carbocycles. The Balaban J connectivity index is 0.00000228. The van der Waals surface area contributed by atoms with Gasteiger partial charge in [-0.25, -0.2) is 9.78 Å². The van der Waals surface area contributed by atoms with Crippen LogP contribution < -0.4 is 16.0 Å². The number of rotatable bonds is 9. The lowest BCUT2D eigenvalue weighted by molar-refractivity contribution is 0.170. The van der Waals surface area contributed by atoms with Gasteiger partial charge in [-0.1, -0.05) is 32.1 Å². The first-order valence-electron chi connectivity index (χ1n) is 12.0. The molecule has 0 atom stereocenters. The number of nitrogens with one attached hydrogen (secondary N) is 4. The summed E-state index contributed by atoms with van der Waals surface area (Å²) in [6.45, 7) is 7.22. The van der Waals surface area contributed by atoms with Crippen molar-refractivity contribution in [3.05, 3.63) is 61.2 Å². The molecule has 2 heterocycles. The van der Waals surface area contributed by atoms with Crippen LogP contribution in [0.15, 0.2) is 55.5 Å². The molecule has 4 rings (SSSR count). The number of carbonyl (C=O) groups excluding carboxylic acids is 1. The molecule has 34 heavy (non-hydrogen) atoms. The Labute approximate surface area is 204 Å². The van der Waals surface area contributed by atoms with Gasteiger partial charge >= 0.3 is 6.09 Å². The van der Waals surface area contributed by atoms with Gasteiger partial charge in [0.25, 0.3) is 0 Å². The first-order valence-corrected chi connectivity index (χ1v) is 12.0. The molecule has 0 bridgehead atoms. The van der Waals surface area contributed by atoms with Crippen molar-refractivity contribution >= 4 is 23.7 Å². The number of aromatic nitrogens is 4. The summed E-state index contributed by atoms with van der Waals surface area (Å²) >= 11 is 0. The van der Waals surface area contributed by atoms with E-state index in [0.29, 0.717) is 23.4 Å². The minimum atomic E-state index is -0.471. The zero-order chi connectivity index (χ0) is 23.8. The first-order chi connectivity index (χ1) is 16.6. The maximum Gasteiger partial charge on any atom is 0.412 e. The van der Waals surface area contributed by atoms with Crippen molar-refractivity contribution in [1.82, 2.24) is 25.5 Å². The molecule has 2 aliphatic rings. The van der Waals surface area contributed by atoms with Crippen LogP contribution in [0, 0.1) is 0 Å². The second-order valence-electron chi connectivity index (χ2n) is 8.82. The molecular weight excluding hydrogens is 430 g/mol. The number of alkyl carbamates (subject to hydrolysis) is 1. The molecule has 2 aromatic heterocycles. The average Bonchev–Trinajstić information content (AvgIpc) is 3.53. The molecule has 2 fully saturated rings. The molecule has 0 saturated heterocycles. The standard InChI is InChI=1S/C25H33N7O2.3H2/c1-3-7-20(4-2)34-25(33)28-19-12-10-18(11-13-19)27-24-26-15-14-22(30-24)29-23-16-21(31-32-23)17-8-5-6-9-17;;;/h3-4,7,14-19H,1-2,5-6,8-13H2,(H,28,33)(H3,26,27,29,30,31,32);3*1H/b20-7+;;;. The average molecular weight is 470 g/mol. The molecule has 2 aliphatic carbocycles. The van der Waals surface area contributed by atoms with Crippen LogP contribution in [0.4, 0.5) is 22.4 Å². The third kappa shape index (κ3) is 6.46. The highest BCUT2D eigenvalue weighted by molar-refractivity contribution is 5.69. The molecule has 2 saturated carbocycles. The first kappa shape index (κ1) is 23.5. The van der Waals surface area contributed by atoms with E-state index in [2.05, 4.69) is 55.3 Å². The number of anilines is 3. The van der Waals surface area contributed by atoms with E-state index in [1.807, 2.05) is 6.07 Å². The highest BCUT2D eigenvalue weighted by Crippen LogP contribution is 2.34. The number of H-pyrrole nitrogens is 1. The number of nitrogens with zero attached hydrogens (tertiary/aromatic N) is 3. The number of hydrogen-bond acceptors (Lipinski definition) is 7. The number of ether oxygens (including phenoxy) is 1. The minimum Gasteiger partial charge on any atom is -0.410 e. The van der Waals surface area contributed by atoms with Crippen LogP contribution in [0.25, 0.3) is 0 Å². The van der Waals surface area contributed by atoms with Crippen LogP contribution in [0.5, 0.6) is 0 Å². The summed E-state index contributed by atoms with van der Waals surface area (Å²) in [4.78, 5) is 21.0. The van der Waals surface area contributed by atoms with Gasteiger partial charge in [0.15, 0.2) is 5.82 Å². The van der Waals surface area contributed by atoms with Gasteiger partial charge < -0.3 is 20.7 Å². The molecule has 186 valence electrons. The largest absolute Gasteiger partial charge is 0.412 e. The maximum atomic E-state index is 12.1. The van der Waals surface area contributed by atoms with Gasteiger partial charge in [-0.15, -0.1) is 0 Å². The zero-order valence-corrected chi connectivity index (χ0v) is 19.4. The molecule has 2 aromatic rings. The van der Waals surface area contributed by atoms with Gasteiger partial charge in [0, 0.05) is 40.2 Å². The van der Waals surface area contributed by atoms with Crippen molar-refractivity contribution in [2.45, 2.75) is 69.4 Å². The Morgan fingerprint density at radius 3 is 2.62 bits per heavy atom. The van der Waals surface area contributed by atoms with E-state index in [0.717, 1.165) is 31.5 Å². The number of hydrogen-bond donors (Lipinski definition) is 4. The van der Waals surface area contributed by atoms with E-state index in [4.69, 9.17) is 4.74 Å². The SMILES string of the molecule is C=C/C=C(\C=C)OC(=O)NC1CCC(Nc2nccc(Nc3cc(C4CCCC4)[nH]n3)n2)CC1.[HH].[HH].[HH]. The monoisotopic (exact) mass is 469 g/mol. The summed E-state index contributed by atoms with van der Waals surface area (Å²) in [5, 5.41) is 17.2. The third-order valence-electron chi connectivity index (χ3n) is 6.38. The Kier molecular flexibility index (Phi) is 7.95.